The predicted molar refractivity (Wildman–Crippen MR) is 51.4 cm³/mol. The minimum Gasteiger partial charge on any atom is -0.290 e. The summed E-state index contributed by atoms with van der Waals surface area (Å²) in [6, 6.07) is 0. The van der Waals surface area contributed by atoms with Crippen molar-refractivity contribution in [1.82, 2.24) is 0 Å². The van der Waals surface area contributed by atoms with Crippen molar-refractivity contribution in [2.45, 2.75) is 33.6 Å². The van der Waals surface area contributed by atoms with Crippen LogP contribution in [-0.2, 0) is 9.59 Å². The van der Waals surface area contributed by atoms with E-state index in [9.17, 15) is 9.59 Å². The lowest BCUT2D eigenvalue weighted by Crippen LogP contribution is -2.17. The van der Waals surface area contributed by atoms with Gasteiger partial charge in [-0.25, -0.2) is 0 Å². The first kappa shape index (κ1) is 9.90. The summed E-state index contributed by atoms with van der Waals surface area (Å²) in [6.45, 7) is 5.53. The van der Waals surface area contributed by atoms with Gasteiger partial charge in [0.05, 0.1) is 0 Å². The maximum Gasteiger partial charge on any atom is 0.185 e. The number of hydrogen-bond donors (Lipinski definition) is 0. The number of allylic oxidation sites excluding steroid dienone is 4. The molecule has 0 amide bonds. The van der Waals surface area contributed by atoms with Crippen molar-refractivity contribution in [1.29, 1.82) is 0 Å². The molecule has 2 nitrogen and oxygen atoms in total. The third-order valence-electron chi connectivity index (χ3n) is 2.42. The normalized spacial score (nSPS) is 17.9. The van der Waals surface area contributed by atoms with Crippen molar-refractivity contribution in [2.24, 2.45) is 0 Å². The highest BCUT2D eigenvalue weighted by molar-refractivity contribution is 6.22. The summed E-state index contributed by atoms with van der Waals surface area (Å²) in [7, 11) is 0. The molecule has 0 saturated carbocycles. The molecule has 1 rings (SSSR count). The van der Waals surface area contributed by atoms with Crippen molar-refractivity contribution in [3.63, 3.8) is 0 Å². The molecule has 0 aromatic heterocycles. The lowest BCUT2D eigenvalue weighted by molar-refractivity contribution is -0.116. The second kappa shape index (κ2) is 3.69. The molecule has 0 N–H and O–H groups in total. The number of carbonyl (C=O) groups is 2. The molecule has 0 radical (unpaired) electrons. The van der Waals surface area contributed by atoms with Crippen molar-refractivity contribution >= 4 is 11.6 Å². The molecule has 1 aliphatic rings. The van der Waals surface area contributed by atoms with Crippen molar-refractivity contribution in [2.75, 3.05) is 0 Å². The Morgan fingerprint density at radius 1 is 1.15 bits per heavy atom. The molecule has 0 aliphatic heterocycles. The Morgan fingerprint density at radius 3 is 2.23 bits per heavy atom. The van der Waals surface area contributed by atoms with Gasteiger partial charge in [-0.05, 0) is 25.8 Å². The van der Waals surface area contributed by atoms with Crippen LogP contribution < -0.4 is 0 Å². The number of rotatable bonds is 2. The molecular weight excluding hydrogens is 164 g/mol. The van der Waals surface area contributed by atoms with E-state index in [1.165, 1.54) is 6.08 Å². The predicted octanol–water partition coefficient (Wildman–Crippen LogP) is 2.20. The molecular formula is C11H14O2. The quantitative estimate of drug-likeness (QED) is 0.607. The van der Waals surface area contributed by atoms with Gasteiger partial charge in [-0.2, -0.15) is 0 Å². The molecule has 0 aromatic carbocycles. The third-order valence-corrected chi connectivity index (χ3v) is 2.42. The fraction of sp³-hybridized carbons (Fsp3) is 0.455. The molecule has 0 fully saturated rings. The van der Waals surface area contributed by atoms with Gasteiger partial charge in [-0.1, -0.05) is 13.8 Å². The van der Waals surface area contributed by atoms with Crippen LogP contribution in [0.2, 0.25) is 0 Å². The largest absolute Gasteiger partial charge is 0.290 e. The lowest BCUT2D eigenvalue weighted by atomic mass is 9.88. The Bertz CT molecular complexity index is 319. The van der Waals surface area contributed by atoms with Gasteiger partial charge in [-0.3, -0.25) is 9.59 Å². The number of Topliss-reactive ketones (excluding diaryl/α,β-unsaturated/α-hetero) is 1. The fourth-order valence-corrected chi connectivity index (χ4v) is 1.58. The highest BCUT2D eigenvalue weighted by Gasteiger charge is 2.22. The van der Waals surface area contributed by atoms with Gasteiger partial charge in [0.15, 0.2) is 11.6 Å². The summed E-state index contributed by atoms with van der Waals surface area (Å²) in [5.41, 5.74) is 1.94. The molecule has 0 unspecified atom stereocenters. The van der Waals surface area contributed by atoms with Gasteiger partial charge in [0.2, 0.25) is 0 Å². The summed E-state index contributed by atoms with van der Waals surface area (Å²) in [4.78, 5) is 23.1. The third kappa shape index (κ3) is 1.62. The van der Waals surface area contributed by atoms with E-state index in [1.54, 1.807) is 6.92 Å². The van der Waals surface area contributed by atoms with Gasteiger partial charge >= 0.3 is 0 Å². The monoisotopic (exact) mass is 178 g/mol. The van der Waals surface area contributed by atoms with E-state index >= 15 is 0 Å². The topological polar surface area (TPSA) is 34.1 Å². The van der Waals surface area contributed by atoms with Gasteiger partial charge in [-0.15, -0.1) is 0 Å². The maximum atomic E-state index is 11.6. The highest BCUT2D eigenvalue weighted by atomic mass is 16.1. The Morgan fingerprint density at radius 2 is 1.77 bits per heavy atom. The molecule has 0 saturated heterocycles. The molecule has 13 heavy (non-hydrogen) atoms. The van der Waals surface area contributed by atoms with Crippen molar-refractivity contribution in [3.8, 4) is 0 Å². The number of hydrogen-bond acceptors (Lipinski definition) is 2. The van der Waals surface area contributed by atoms with Crippen LogP contribution in [0.25, 0.3) is 0 Å². The zero-order chi connectivity index (χ0) is 10.0. The van der Waals surface area contributed by atoms with E-state index in [0.29, 0.717) is 29.6 Å². The zero-order valence-electron chi connectivity index (χ0n) is 8.31. The van der Waals surface area contributed by atoms with E-state index in [1.807, 2.05) is 13.8 Å². The van der Waals surface area contributed by atoms with Crippen LogP contribution >= 0.6 is 0 Å². The average Bonchev–Trinajstić information content (AvgIpc) is 2.12. The standard InChI is InChI=1S/C11H14O2/c1-4-8-6-10(12)9(5-2)7(3)11(8)13/h6H,4-5H2,1-3H3. The second-order valence-electron chi connectivity index (χ2n) is 3.17. The fourth-order valence-electron chi connectivity index (χ4n) is 1.58. The molecule has 0 heterocycles. The van der Waals surface area contributed by atoms with E-state index in [2.05, 4.69) is 0 Å². The maximum absolute atomic E-state index is 11.6. The lowest BCUT2D eigenvalue weighted by Gasteiger charge is -2.14. The van der Waals surface area contributed by atoms with E-state index in [4.69, 9.17) is 0 Å². The summed E-state index contributed by atoms with van der Waals surface area (Å²) in [6.07, 6.45) is 2.76. The van der Waals surface area contributed by atoms with Crippen molar-refractivity contribution in [3.05, 3.63) is 22.8 Å². The van der Waals surface area contributed by atoms with Crippen LogP contribution in [0.15, 0.2) is 22.8 Å². The highest BCUT2D eigenvalue weighted by Crippen LogP contribution is 2.22. The first-order valence-corrected chi connectivity index (χ1v) is 4.61. The molecule has 1 aliphatic carbocycles. The van der Waals surface area contributed by atoms with Crippen LogP contribution in [0.4, 0.5) is 0 Å². The first-order chi connectivity index (χ1) is 6.11. The molecule has 2 heteroatoms. The second-order valence-corrected chi connectivity index (χ2v) is 3.17. The summed E-state index contributed by atoms with van der Waals surface area (Å²) in [5.74, 6) is 0.0513. The minimum absolute atomic E-state index is 0.0106. The molecule has 0 spiro atoms. The molecule has 70 valence electrons. The van der Waals surface area contributed by atoms with Crippen molar-refractivity contribution < 1.29 is 9.59 Å². The minimum atomic E-state index is 0.0106. The summed E-state index contributed by atoms with van der Waals surface area (Å²) < 4.78 is 0. The van der Waals surface area contributed by atoms with Gasteiger partial charge in [0.25, 0.3) is 0 Å². The summed E-state index contributed by atoms with van der Waals surface area (Å²) >= 11 is 0. The van der Waals surface area contributed by atoms with Crippen LogP contribution in [0.1, 0.15) is 33.6 Å². The van der Waals surface area contributed by atoms with E-state index in [-0.39, 0.29) is 11.6 Å². The number of carbonyl (C=O) groups excluding carboxylic acids is 2. The Labute approximate surface area is 78.3 Å². The van der Waals surface area contributed by atoms with Crippen LogP contribution in [0.5, 0.6) is 0 Å². The number of ketones is 2. The van der Waals surface area contributed by atoms with E-state index < -0.39 is 0 Å². The zero-order valence-corrected chi connectivity index (χ0v) is 8.31. The van der Waals surface area contributed by atoms with Crippen LogP contribution in [-0.4, -0.2) is 11.6 Å². The average molecular weight is 178 g/mol. The Hall–Kier alpha value is -1.18. The van der Waals surface area contributed by atoms with Gasteiger partial charge in [0.1, 0.15) is 0 Å². The van der Waals surface area contributed by atoms with Crippen LogP contribution in [0.3, 0.4) is 0 Å². The molecule has 0 atom stereocenters. The SMILES string of the molecule is CCC1=CC(=O)C(CC)=C(C)C1=O. The van der Waals surface area contributed by atoms with E-state index in [0.717, 1.165) is 0 Å². The van der Waals surface area contributed by atoms with Crippen LogP contribution in [0, 0.1) is 0 Å². The molecule has 0 aromatic rings. The Kier molecular flexibility index (Phi) is 2.81. The Balaban J connectivity index is 3.12. The molecule has 0 bridgehead atoms. The smallest absolute Gasteiger partial charge is 0.185 e. The first-order valence-electron chi connectivity index (χ1n) is 4.61. The van der Waals surface area contributed by atoms with Gasteiger partial charge in [0, 0.05) is 16.7 Å². The van der Waals surface area contributed by atoms with Gasteiger partial charge < -0.3 is 0 Å². The summed E-state index contributed by atoms with van der Waals surface area (Å²) in [5, 5.41) is 0.